The molecule has 29 heavy (non-hydrogen) atoms. The molecule has 6 heteroatoms. The topological polar surface area (TPSA) is 57.5 Å². The highest BCUT2D eigenvalue weighted by Crippen LogP contribution is 2.67. The summed E-state index contributed by atoms with van der Waals surface area (Å²) in [4.78, 5) is 12.8. The lowest BCUT2D eigenvalue weighted by atomic mass is 9.44. The number of hydrogen-bond donors (Lipinski definition) is 2. The van der Waals surface area contributed by atoms with E-state index in [9.17, 15) is 28.2 Å². The van der Waals surface area contributed by atoms with Gasteiger partial charge in [0.25, 0.3) is 0 Å². The van der Waals surface area contributed by atoms with Crippen LogP contribution in [-0.2, 0) is 4.79 Å². The van der Waals surface area contributed by atoms with Crippen LogP contribution in [0.1, 0.15) is 78.1 Å². The maximum absolute atomic E-state index is 12.8. The van der Waals surface area contributed by atoms with Crippen molar-refractivity contribution in [3.63, 3.8) is 0 Å². The highest BCUT2D eigenvalue weighted by molar-refractivity contribution is 5.82. The van der Waals surface area contributed by atoms with E-state index < -0.39 is 24.5 Å². The third kappa shape index (κ3) is 3.46. The molecule has 3 nitrogen and oxygen atoms in total. The SMILES string of the molecule is C[C@]12CC[C@H](O)C[C@H]1CC[C@@H]1[C@@H]2CC[C@]2(C)[C@@H](C(=O)C[C@H](O)C(F)(F)F)CC[C@@H]12. The quantitative estimate of drug-likeness (QED) is 0.689. The summed E-state index contributed by atoms with van der Waals surface area (Å²) in [7, 11) is 0. The molecule has 0 heterocycles. The van der Waals surface area contributed by atoms with E-state index in [2.05, 4.69) is 13.8 Å². The van der Waals surface area contributed by atoms with Gasteiger partial charge in [0, 0.05) is 12.3 Å². The second-order valence-corrected chi connectivity index (χ2v) is 11.0. The second kappa shape index (κ2) is 7.22. The van der Waals surface area contributed by atoms with Crippen LogP contribution in [-0.4, -0.2) is 34.4 Å². The van der Waals surface area contributed by atoms with E-state index in [-0.39, 0.29) is 22.9 Å². The molecule has 4 aliphatic rings. The van der Waals surface area contributed by atoms with Crippen LogP contribution in [0.4, 0.5) is 13.2 Å². The van der Waals surface area contributed by atoms with Crippen molar-refractivity contribution < 1.29 is 28.2 Å². The van der Waals surface area contributed by atoms with E-state index in [0.29, 0.717) is 30.1 Å². The Morgan fingerprint density at radius 2 is 1.66 bits per heavy atom. The zero-order valence-corrected chi connectivity index (χ0v) is 17.5. The molecule has 9 atom stereocenters. The molecule has 0 spiro atoms. The summed E-state index contributed by atoms with van der Waals surface area (Å²) in [5.74, 6) is 1.33. The summed E-state index contributed by atoms with van der Waals surface area (Å²) in [5.41, 5.74) is 0.0129. The van der Waals surface area contributed by atoms with Gasteiger partial charge in [-0.15, -0.1) is 0 Å². The Morgan fingerprint density at radius 3 is 2.34 bits per heavy atom. The number of alkyl halides is 3. The largest absolute Gasteiger partial charge is 0.414 e. The number of fused-ring (bicyclic) bond motifs is 5. The number of aliphatic hydroxyl groups excluding tert-OH is 2. The molecule has 0 aromatic heterocycles. The monoisotopic (exact) mass is 416 g/mol. The third-order valence-electron chi connectivity index (χ3n) is 9.80. The summed E-state index contributed by atoms with van der Waals surface area (Å²) in [6.45, 7) is 4.53. The average Bonchev–Trinajstić information content (AvgIpc) is 2.98. The van der Waals surface area contributed by atoms with Crippen LogP contribution in [0, 0.1) is 40.4 Å². The molecule has 0 unspecified atom stereocenters. The zero-order chi connectivity index (χ0) is 21.2. The molecule has 0 aromatic carbocycles. The van der Waals surface area contributed by atoms with Crippen molar-refractivity contribution in [3.8, 4) is 0 Å². The van der Waals surface area contributed by atoms with E-state index in [0.717, 1.165) is 51.4 Å². The zero-order valence-electron chi connectivity index (χ0n) is 17.5. The molecule has 0 amide bonds. The lowest BCUT2D eigenvalue weighted by molar-refractivity contribution is -0.206. The van der Waals surface area contributed by atoms with Gasteiger partial charge in [0.2, 0.25) is 0 Å². The van der Waals surface area contributed by atoms with Crippen molar-refractivity contribution >= 4 is 5.78 Å². The van der Waals surface area contributed by atoms with Crippen molar-refractivity contribution in [2.45, 2.75) is 96.4 Å². The normalized spacial score (nSPS) is 48.4. The van der Waals surface area contributed by atoms with E-state index in [4.69, 9.17) is 0 Å². The summed E-state index contributed by atoms with van der Waals surface area (Å²) >= 11 is 0. The van der Waals surface area contributed by atoms with Crippen molar-refractivity contribution in [1.82, 2.24) is 0 Å². The van der Waals surface area contributed by atoms with Gasteiger partial charge >= 0.3 is 6.18 Å². The van der Waals surface area contributed by atoms with Crippen molar-refractivity contribution in [2.75, 3.05) is 0 Å². The molecule has 4 fully saturated rings. The standard InChI is InChI=1S/C23H35F3O3/c1-21-9-7-14(27)11-13(21)3-4-15-16-5-6-18(22(16,2)10-8-17(15)21)19(28)12-20(29)23(24,25)26/h13-18,20,27,29H,3-12H2,1-2H3/t13-,14+,15+,16+,17+,18-,20+,21+,22+/m1/s1. The van der Waals surface area contributed by atoms with Gasteiger partial charge in [-0.25, -0.2) is 0 Å². The number of halogens is 3. The number of hydrogen-bond acceptors (Lipinski definition) is 3. The Morgan fingerprint density at radius 1 is 1.00 bits per heavy atom. The second-order valence-electron chi connectivity index (χ2n) is 11.0. The van der Waals surface area contributed by atoms with Gasteiger partial charge in [0.1, 0.15) is 5.78 Å². The first-order valence-corrected chi connectivity index (χ1v) is 11.4. The van der Waals surface area contributed by atoms with Crippen LogP contribution >= 0.6 is 0 Å². The van der Waals surface area contributed by atoms with E-state index in [1.54, 1.807) is 0 Å². The first-order valence-electron chi connectivity index (χ1n) is 11.4. The molecule has 0 radical (unpaired) electrons. The van der Waals surface area contributed by atoms with Crippen LogP contribution in [0.3, 0.4) is 0 Å². The summed E-state index contributed by atoms with van der Waals surface area (Å²) in [6, 6.07) is 0. The average molecular weight is 417 g/mol. The van der Waals surface area contributed by atoms with Gasteiger partial charge < -0.3 is 10.2 Å². The molecule has 2 N–H and O–H groups in total. The predicted octanol–water partition coefficient (Wildman–Crippen LogP) is 4.89. The fourth-order valence-electron chi connectivity index (χ4n) is 8.21. The first-order chi connectivity index (χ1) is 13.5. The van der Waals surface area contributed by atoms with Crippen molar-refractivity contribution in [2.24, 2.45) is 40.4 Å². The minimum atomic E-state index is -4.73. The summed E-state index contributed by atoms with van der Waals surface area (Å²) in [5, 5.41) is 19.5. The first kappa shape index (κ1) is 21.6. The van der Waals surface area contributed by atoms with Crippen LogP contribution < -0.4 is 0 Å². The Kier molecular flexibility index (Phi) is 5.38. The van der Waals surface area contributed by atoms with Gasteiger partial charge in [-0.05, 0) is 92.3 Å². The molecular weight excluding hydrogens is 381 g/mol. The maximum Gasteiger partial charge on any atom is 0.414 e. The maximum atomic E-state index is 12.8. The van der Waals surface area contributed by atoms with Crippen molar-refractivity contribution in [1.29, 1.82) is 0 Å². The molecule has 0 aromatic rings. The van der Waals surface area contributed by atoms with Crippen LogP contribution in [0.25, 0.3) is 0 Å². The van der Waals surface area contributed by atoms with Gasteiger partial charge in [-0.2, -0.15) is 13.2 Å². The molecule has 4 aliphatic carbocycles. The fourth-order valence-corrected chi connectivity index (χ4v) is 8.21. The van der Waals surface area contributed by atoms with E-state index in [1.807, 2.05) is 0 Å². The Bertz CT molecular complexity index is 650. The minimum Gasteiger partial charge on any atom is -0.393 e. The lowest BCUT2D eigenvalue weighted by Gasteiger charge is -2.60. The smallest absolute Gasteiger partial charge is 0.393 e. The number of carbonyl (C=O) groups excluding carboxylic acids is 1. The Labute approximate surface area is 171 Å². The Hall–Kier alpha value is -0.620. The summed E-state index contributed by atoms with van der Waals surface area (Å²) < 4.78 is 38.3. The summed E-state index contributed by atoms with van der Waals surface area (Å²) in [6.07, 6.45) is 0.310. The number of Topliss-reactive ketones (excluding diaryl/α,β-unsaturated/α-hetero) is 1. The molecule has 4 rings (SSSR count). The third-order valence-corrected chi connectivity index (χ3v) is 9.80. The van der Waals surface area contributed by atoms with Gasteiger partial charge in [0.05, 0.1) is 6.10 Å². The molecular formula is C23H35F3O3. The molecule has 4 saturated carbocycles. The van der Waals surface area contributed by atoms with Gasteiger partial charge in [-0.3, -0.25) is 4.79 Å². The van der Waals surface area contributed by atoms with Crippen LogP contribution in [0.15, 0.2) is 0 Å². The van der Waals surface area contributed by atoms with Gasteiger partial charge in [0.15, 0.2) is 6.10 Å². The molecule has 0 aliphatic heterocycles. The minimum absolute atomic E-state index is 0.174. The van der Waals surface area contributed by atoms with E-state index in [1.165, 1.54) is 0 Å². The highest BCUT2D eigenvalue weighted by Gasteiger charge is 2.61. The van der Waals surface area contributed by atoms with Crippen LogP contribution in [0.5, 0.6) is 0 Å². The van der Waals surface area contributed by atoms with Gasteiger partial charge in [-0.1, -0.05) is 13.8 Å². The molecule has 0 bridgehead atoms. The lowest BCUT2D eigenvalue weighted by Crippen LogP contribution is -2.54. The molecule has 0 saturated heterocycles. The highest BCUT2D eigenvalue weighted by atomic mass is 19.4. The van der Waals surface area contributed by atoms with Crippen molar-refractivity contribution in [3.05, 3.63) is 0 Å². The predicted molar refractivity (Wildman–Crippen MR) is 103 cm³/mol. The van der Waals surface area contributed by atoms with Crippen LogP contribution in [0.2, 0.25) is 0 Å². The number of aliphatic hydroxyl groups is 2. The number of ketones is 1. The molecule has 166 valence electrons. The Balaban J connectivity index is 1.51. The fraction of sp³-hybridized carbons (Fsp3) is 0.957. The number of carbonyl (C=O) groups is 1. The van der Waals surface area contributed by atoms with E-state index >= 15 is 0 Å². The number of rotatable bonds is 3.